The molecule has 0 spiro atoms. The highest BCUT2D eigenvalue weighted by molar-refractivity contribution is 6.67. The SMILES string of the molecule is N#CB1CCC(c2ccc3nc(Cl)ccc3n2)CC1. The van der Waals surface area contributed by atoms with E-state index in [1.165, 1.54) is 0 Å². The van der Waals surface area contributed by atoms with Crippen molar-refractivity contribution in [1.82, 2.24) is 9.97 Å². The van der Waals surface area contributed by atoms with Gasteiger partial charge in [-0.1, -0.05) is 37.1 Å². The molecule has 0 aromatic carbocycles. The third kappa shape index (κ3) is 2.57. The van der Waals surface area contributed by atoms with Crippen LogP contribution >= 0.6 is 11.6 Å². The molecule has 0 saturated carbocycles. The van der Waals surface area contributed by atoms with Crippen LogP contribution in [0.15, 0.2) is 24.3 Å². The monoisotopic (exact) mass is 269 g/mol. The van der Waals surface area contributed by atoms with E-state index in [4.69, 9.17) is 16.9 Å². The molecule has 0 N–H and O–H groups in total. The Morgan fingerprint density at radius 1 is 1.11 bits per heavy atom. The zero-order valence-electron chi connectivity index (χ0n) is 10.5. The largest absolute Gasteiger partial charge is 0.267 e. The van der Waals surface area contributed by atoms with Gasteiger partial charge in [0.05, 0.1) is 11.0 Å². The standard InChI is InChI=1S/C14H13BClN3/c16-14-4-3-12-13(19-14)2-1-11(18-12)10-5-7-15(9-17)8-6-10/h1-4,10H,5-8H2. The van der Waals surface area contributed by atoms with E-state index >= 15 is 0 Å². The van der Waals surface area contributed by atoms with Crippen LogP contribution in [-0.4, -0.2) is 16.7 Å². The summed E-state index contributed by atoms with van der Waals surface area (Å²) in [5.74, 6) is 2.84. The maximum atomic E-state index is 8.93. The first kappa shape index (κ1) is 12.4. The van der Waals surface area contributed by atoms with Crippen LogP contribution in [-0.2, 0) is 0 Å². The molecule has 3 rings (SSSR count). The summed E-state index contributed by atoms with van der Waals surface area (Å²) in [4.78, 5) is 8.93. The van der Waals surface area contributed by atoms with E-state index in [0.717, 1.165) is 42.2 Å². The average molecular weight is 270 g/mol. The molecule has 0 radical (unpaired) electrons. The van der Waals surface area contributed by atoms with Crippen molar-refractivity contribution in [2.24, 2.45) is 0 Å². The van der Waals surface area contributed by atoms with Gasteiger partial charge in [-0.2, -0.15) is 0 Å². The van der Waals surface area contributed by atoms with Gasteiger partial charge in [-0.15, -0.1) is 0 Å². The van der Waals surface area contributed by atoms with Crippen molar-refractivity contribution >= 4 is 29.3 Å². The molecule has 0 unspecified atom stereocenters. The van der Waals surface area contributed by atoms with Gasteiger partial charge in [0, 0.05) is 11.7 Å². The minimum absolute atomic E-state index is 0.233. The van der Waals surface area contributed by atoms with Crippen molar-refractivity contribution in [2.45, 2.75) is 31.4 Å². The summed E-state index contributed by atoms with van der Waals surface area (Å²) in [6.45, 7) is 0.233. The summed E-state index contributed by atoms with van der Waals surface area (Å²) < 4.78 is 0. The molecule has 5 heteroatoms. The number of rotatable bonds is 1. The highest BCUT2D eigenvalue weighted by atomic mass is 35.5. The van der Waals surface area contributed by atoms with Gasteiger partial charge in [-0.25, -0.2) is 10.2 Å². The molecular weight excluding hydrogens is 256 g/mol. The van der Waals surface area contributed by atoms with Gasteiger partial charge >= 0.3 is 0 Å². The highest BCUT2D eigenvalue weighted by Crippen LogP contribution is 2.33. The lowest BCUT2D eigenvalue weighted by atomic mass is 9.41. The van der Waals surface area contributed by atoms with Crippen molar-refractivity contribution in [2.75, 3.05) is 0 Å². The molecule has 2 aromatic heterocycles. The van der Waals surface area contributed by atoms with E-state index in [9.17, 15) is 0 Å². The molecule has 1 saturated heterocycles. The van der Waals surface area contributed by atoms with Crippen LogP contribution < -0.4 is 0 Å². The maximum Gasteiger partial charge on any atom is 0.267 e. The molecule has 3 heterocycles. The molecule has 2 aromatic rings. The van der Waals surface area contributed by atoms with Crippen molar-refractivity contribution in [3.8, 4) is 5.97 Å². The number of fused-ring (bicyclic) bond motifs is 1. The second kappa shape index (κ2) is 5.18. The van der Waals surface area contributed by atoms with Gasteiger partial charge in [0.15, 0.2) is 0 Å². The lowest BCUT2D eigenvalue weighted by Crippen LogP contribution is -2.19. The molecule has 0 atom stereocenters. The number of hydrogen-bond donors (Lipinski definition) is 0. The van der Waals surface area contributed by atoms with Crippen LogP contribution in [0, 0.1) is 11.2 Å². The molecule has 1 aliphatic rings. The molecule has 94 valence electrons. The first-order valence-corrected chi connectivity index (χ1v) is 6.97. The fourth-order valence-corrected chi connectivity index (χ4v) is 2.90. The predicted molar refractivity (Wildman–Crippen MR) is 77.5 cm³/mol. The number of halogens is 1. The van der Waals surface area contributed by atoms with Crippen LogP contribution in [0.5, 0.6) is 0 Å². The summed E-state index contributed by atoms with van der Waals surface area (Å²) in [5.41, 5.74) is 2.85. The molecule has 0 amide bonds. The first-order chi connectivity index (χ1) is 9.26. The van der Waals surface area contributed by atoms with E-state index in [-0.39, 0.29) is 6.71 Å². The molecule has 19 heavy (non-hydrogen) atoms. The first-order valence-electron chi connectivity index (χ1n) is 6.59. The summed E-state index contributed by atoms with van der Waals surface area (Å²) in [6.07, 6.45) is 4.08. The fraction of sp³-hybridized carbons (Fsp3) is 0.357. The van der Waals surface area contributed by atoms with Gasteiger partial charge in [-0.3, -0.25) is 4.98 Å². The number of nitrogens with zero attached hydrogens (tertiary/aromatic N) is 3. The molecule has 3 nitrogen and oxygen atoms in total. The van der Waals surface area contributed by atoms with Crippen LogP contribution in [0.2, 0.25) is 17.8 Å². The van der Waals surface area contributed by atoms with E-state index in [0.29, 0.717) is 11.1 Å². The molecule has 1 aliphatic heterocycles. The third-order valence-corrected chi connectivity index (χ3v) is 4.07. The second-order valence-electron chi connectivity index (χ2n) is 5.09. The maximum absolute atomic E-state index is 8.93. The van der Waals surface area contributed by atoms with Crippen LogP contribution in [0.25, 0.3) is 11.0 Å². The summed E-state index contributed by atoms with van der Waals surface area (Å²) in [7, 11) is 0. The van der Waals surface area contributed by atoms with E-state index in [1.54, 1.807) is 6.07 Å². The van der Waals surface area contributed by atoms with Gasteiger partial charge < -0.3 is 0 Å². The Morgan fingerprint density at radius 2 is 1.79 bits per heavy atom. The molecule has 1 fully saturated rings. The quantitative estimate of drug-likeness (QED) is 0.585. The fourth-order valence-electron chi connectivity index (χ4n) is 2.75. The summed E-state index contributed by atoms with van der Waals surface area (Å²) >= 11 is 5.87. The molecule has 0 bridgehead atoms. The Hall–Kier alpha value is -1.60. The van der Waals surface area contributed by atoms with Crippen LogP contribution in [0.4, 0.5) is 0 Å². The lowest BCUT2D eigenvalue weighted by molar-refractivity contribution is 0.597. The Bertz CT molecular complexity index is 645. The zero-order chi connectivity index (χ0) is 13.2. The topological polar surface area (TPSA) is 49.6 Å². The Kier molecular flexibility index (Phi) is 3.39. The van der Waals surface area contributed by atoms with Crippen LogP contribution in [0.1, 0.15) is 24.5 Å². The Balaban J connectivity index is 1.86. The zero-order valence-corrected chi connectivity index (χ0v) is 11.3. The van der Waals surface area contributed by atoms with Gasteiger partial charge in [0.25, 0.3) is 6.71 Å². The molecule has 0 aliphatic carbocycles. The summed E-state index contributed by atoms with van der Waals surface area (Å²) in [6, 6.07) is 7.71. The summed E-state index contributed by atoms with van der Waals surface area (Å²) in [5, 5.41) is 9.43. The number of nitriles is 1. The van der Waals surface area contributed by atoms with E-state index in [1.807, 2.05) is 18.2 Å². The van der Waals surface area contributed by atoms with E-state index < -0.39 is 0 Å². The molecular formula is C14H13BClN3. The van der Waals surface area contributed by atoms with Crippen molar-refractivity contribution < 1.29 is 0 Å². The van der Waals surface area contributed by atoms with Crippen molar-refractivity contribution in [1.29, 1.82) is 5.26 Å². The Labute approximate surface area is 117 Å². The Morgan fingerprint density at radius 3 is 2.53 bits per heavy atom. The number of aromatic nitrogens is 2. The third-order valence-electron chi connectivity index (χ3n) is 3.86. The smallest absolute Gasteiger partial charge is 0.251 e. The number of hydrogen-bond acceptors (Lipinski definition) is 3. The van der Waals surface area contributed by atoms with Crippen LogP contribution in [0.3, 0.4) is 0 Å². The van der Waals surface area contributed by atoms with Crippen molar-refractivity contribution in [3.63, 3.8) is 0 Å². The minimum Gasteiger partial charge on any atom is -0.251 e. The lowest BCUT2D eigenvalue weighted by Gasteiger charge is -2.22. The average Bonchev–Trinajstić information content (AvgIpc) is 2.47. The predicted octanol–water partition coefficient (Wildman–Crippen LogP) is 3.72. The second-order valence-corrected chi connectivity index (χ2v) is 5.47. The van der Waals surface area contributed by atoms with E-state index in [2.05, 4.69) is 15.9 Å². The normalized spacial score (nSPS) is 16.5. The van der Waals surface area contributed by atoms with Gasteiger partial charge in [0.1, 0.15) is 5.15 Å². The van der Waals surface area contributed by atoms with Crippen molar-refractivity contribution in [3.05, 3.63) is 35.1 Å². The van der Waals surface area contributed by atoms with Gasteiger partial charge in [-0.05, 0) is 30.2 Å². The minimum atomic E-state index is 0.233. The number of pyridine rings is 2. The van der Waals surface area contributed by atoms with Gasteiger partial charge in [0.2, 0.25) is 0 Å². The highest BCUT2D eigenvalue weighted by Gasteiger charge is 2.25.